The van der Waals surface area contributed by atoms with E-state index in [2.05, 4.69) is 51.2 Å². The van der Waals surface area contributed by atoms with Crippen LogP contribution < -0.4 is 5.32 Å². The molecule has 0 spiro atoms. The molecule has 0 saturated heterocycles. The molecule has 0 aliphatic carbocycles. The van der Waals surface area contributed by atoms with Gasteiger partial charge in [-0.3, -0.25) is 4.68 Å². The lowest BCUT2D eigenvalue weighted by Gasteiger charge is -2.15. The molecular weight excluding hydrogens is 222 g/mol. The third-order valence-electron chi connectivity index (χ3n) is 3.30. The highest BCUT2D eigenvalue weighted by Gasteiger charge is 2.12. The van der Waals surface area contributed by atoms with Crippen molar-refractivity contribution in [2.75, 3.05) is 0 Å². The maximum Gasteiger partial charge on any atom is 0.0694 e. The van der Waals surface area contributed by atoms with Gasteiger partial charge in [-0.15, -0.1) is 0 Å². The SMILES string of the molecule is CC(C)CCC(C)NCc1cn(C)nc1C(C)C. The van der Waals surface area contributed by atoms with E-state index in [4.69, 9.17) is 0 Å². The van der Waals surface area contributed by atoms with E-state index >= 15 is 0 Å². The molecule has 3 heteroatoms. The second-order valence-electron chi connectivity index (χ2n) is 6.12. The Labute approximate surface area is 112 Å². The number of aromatic nitrogens is 2. The first-order valence-electron chi connectivity index (χ1n) is 7.16. The fourth-order valence-electron chi connectivity index (χ4n) is 2.15. The third-order valence-corrected chi connectivity index (χ3v) is 3.30. The summed E-state index contributed by atoms with van der Waals surface area (Å²) in [5, 5.41) is 8.15. The molecule has 104 valence electrons. The lowest BCUT2D eigenvalue weighted by Crippen LogP contribution is -2.26. The van der Waals surface area contributed by atoms with Gasteiger partial charge in [0.05, 0.1) is 5.69 Å². The van der Waals surface area contributed by atoms with Gasteiger partial charge in [-0.05, 0) is 31.6 Å². The molecule has 1 aromatic heterocycles. The van der Waals surface area contributed by atoms with Crippen LogP contribution in [0.2, 0.25) is 0 Å². The van der Waals surface area contributed by atoms with Crippen LogP contribution in [0.4, 0.5) is 0 Å². The smallest absolute Gasteiger partial charge is 0.0694 e. The molecule has 1 heterocycles. The van der Waals surface area contributed by atoms with Crippen molar-refractivity contribution in [3.63, 3.8) is 0 Å². The normalized spacial score (nSPS) is 13.6. The molecule has 0 bridgehead atoms. The maximum atomic E-state index is 4.54. The fourth-order valence-corrected chi connectivity index (χ4v) is 2.15. The first-order valence-corrected chi connectivity index (χ1v) is 7.16. The predicted molar refractivity (Wildman–Crippen MR) is 77.7 cm³/mol. The number of nitrogens with zero attached hydrogens (tertiary/aromatic N) is 2. The first kappa shape index (κ1) is 15.2. The highest BCUT2D eigenvalue weighted by atomic mass is 15.3. The second-order valence-corrected chi connectivity index (χ2v) is 6.12. The van der Waals surface area contributed by atoms with Gasteiger partial charge in [0, 0.05) is 31.4 Å². The molecule has 0 aliphatic rings. The van der Waals surface area contributed by atoms with Gasteiger partial charge < -0.3 is 5.32 Å². The fraction of sp³-hybridized carbons (Fsp3) is 0.800. The van der Waals surface area contributed by atoms with Crippen LogP contribution in [0.25, 0.3) is 0 Å². The minimum atomic E-state index is 0.494. The molecule has 0 radical (unpaired) electrons. The summed E-state index contributed by atoms with van der Waals surface area (Å²) in [4.78, 5) is 0. The van der Waals surface area contributed by atoms with E-state index in [1.807, 2.05) is 11.7 Å². The summed E-state index contributed by atoms with van der Waals surface area (Å²) >= 11 is 0. The molecule has 18 heavy (non-hydrogen) atoms. The highest BCUT2D eigenvalue weighted by molar-refractivity contribution is 5.20. The molecule has 0 saturated carbocycles. The summed E-state index contributed by atoms with van der Waals surface area (Å²) in [5.41, 5.74) is 2.56. The number of hydrogen-bond donors (Lipinski definition) is 1. The van der Waals surface area contributed by atoms with Crippen LogP contribution in [-0.2, 0) is 13.6 Å². The average Bonchev–Trinajstić information content (AvgIpc) is 2.65. The number of rotatable bonds is 7. The van der Waals surface area contributed by atoms with E-state index < -0.39 is 0 Å². The van der Waals surface area contributed by atoms with Crippen LogP contribution in [0, 0.1) is 5.92 Å². The van der Waals surface area contributed by atoms with E-state index in [0.717, 1.165) is 12.5 Å². The minimum absolute atomic E-state index is 0.494. The summed E-state index contributed by atoms with van der Waals surface area (Å²) in [5.74, 6) is 1.29. The standard InChI is InChI=1S/C15H29N3/c1-11(2)7-8-13(5)16-9-14-10-18(6)17-15(14)12(3)4/h10-13,16H,7-9H2,1-6H3. The number of aryl methyl sites for hydroxylation is 1. The van der Waals surface area contributed by atoms with Crippen LogP contribution >= 0.6 is 0 Å². The van der Waals surface area contributed by atoms with Gasteiger partial charge in [0.25, 0.3) is 0 Å². The molecule has 0 fully saturated rings. The lowest BCUT2D eigenvalue weighted by atomic mass is 10.0. The van der Waals surface area contributed by atoms with Crippen LogP contribution in [0.5, 0.6) is 0 Å². The van der Waals surface area contributed by atoms with Crippen LogP contribution in [0.1, 0.15) is 64.6 Å². The Hall–Kier alpha value is -0.830. The van der Waals surface area contributed by atoms with Crippen LogP contribution in [0.3, 0.4) is 0 Å². The van der Waals surface area contributed by atoms with E-state index in [-0.39, 0.29) is 0 Å². The Balaban J connectivity index is 2.47. The van der Waals surface area contributed by atoms with Gasteiger partial charge in [0.1, 0.15) is 0 Å². The summed E-state index contributed by atoms with van der Waals surface area (Å²) in [6, 6.07) is 0.576. The Morgan fingerprint density at radius 1 is 1.17 bits per heavy atom. The monoisotopic (exact) mass is 251 g/mol. The van der Waals surface area contributed by atoms with E-state index in [9.17, 15) is 0 Å². The Bertz CT molecular complexity index is 353. The number of hydrogen-bond acceptors (Lipinski definition) is 2. The molecule has 0 amide bonds. The molecular formula is C15H29N3. The molecule has 0 aliphatic heterocycles. The quantitative estimate of drug-likeness (QED) is 0.804. The summed E-state index contributed by atoms with van der Waals surface area (Å²) in [6.07, 6.45) is 4.67. The zero-order valence-electron chi connectivity index (χ0n) is 12.8. The summed E-state index contributed by atoms with van der Waals surface area (Å²) in [7, 11) is 2.00. The van der Waals surface area contributed by atoms with Gasteiger partial charge >= 0.3 is 0 Å². The van der Waals surface area contributed by atoms with E-state index in [1.165, 1.54) is 24.1 Å². The molecule has 1 N–H and O–H groups in total. The van der Waals surface area contributed by atoms with Crippen LogP contribution in [0.15, 0.2) is 6.20 Å². The molecule has 3 nitrogen and oxygen atoms in total. The Morgan fingerprint density at radius 2 is 1.83 bits per heavy atom. The molecule has 1 aromatic rings. The van der Waals surface area contributed by atoms with Crippen molar-refractivity contribution in [3.8, 4) is 0 Å². The van der Waals surface area contributed by atoms with Crippen molar-refractivity contribution < 1.29 is 0 Å². The van der Waals surface area contributed by atoms with Gasteiger partial charge in [0.15, 0.2) is 0 Å². The maximum absolute atomic E-state index is 4.54. The van der Waals surface area contributed by atoms with Crippen molar-refractivity contribution in [2.24, 2.45) is 13.0 Å². The van der Waals surface area contributed by atoms with E-state index in [1.54, 1.807) is 0 Å². The third kappa shape index (κ3) is 4.81. The Morgan fingerprint density at radius 3 is 2.39 bits per heavy atom. The topological polar surface area (TPSA) is 29.9 Å². The van der Waals surface area contributed by atoms with Gasteiger partial charge in [-0.2, -0.15) is 5.10 Å². The van der Waals surface area contributed by atoms with Gasteiger partial charge in [-0.25, -0.2) is 0 Å². The second kappa shape index (κ2) is 6.93. The van der Waals surface area contributed by atoms with Crippen molar-refractivity contribution in [3.05, 3.63) is 17.5 Å². The summed E-state index contributed by atoms with van der Waals surface area (Å²) in [6.45, 7) is 12.2. The zero-order chi connectivity index (χ0) is 13.7. The van der Waals surface area contributed by atoms with Crippen molar-refractivity contribution in [1.82, 2.24) is 15.1 Å². The molecule has 1 atom stereocenters. The van der Waals surface area contributed by atoms with Crippen molar-refractivity contribution >= 4 is 0 Å². The first-order chi connectivity index (χ1) is 8.40. The predicted octanol–water partition coefficient (Wildman–Crippen LogP) is 3.46. The molecule has 0 aromatic carbocycles. The van der Waals surface area contributed by atoms with Crippen molar-refractivity contribution in [2.45, 2.75) is 66.0 Å². The average molecular weight is 251 g/mol. The summed E-state index contributed by atoms with van der Waals surface area (Å²) < 4.78 is 1.92. The Kier molecular flexibility index (Phi) is 5.86. The minimum Gasteiger partial charge on any atom is -0.310 e. The number of nitrogens with one attached hydrogen (secondary N) is 1. The van der Waals surface area contributed by atoms with Crippen molar-refractivity contribution in [1.29, 1.82) is 0 Å². The molecule has 1 unspecified atom stereocenters. The zero-order valence-corrected chi connectivity index (χ0v) is 12.8. The van der Waals surface area contributed by atoms with Crippen LogP contribution in [-0.4, -0.2) is 15.8 Å². The van der Waals surface area contributed by atoms with Gasteiger partial charge in [-0.1, -0.05) is 27.7 Å². The molecule has 1 rings (SSSR count). The largest absolute Gasteiger partial charge is 0.310 e. The van der Waals surface area contributed by atoms with E-state index in [0.29, 0.717) is 12.0 Å². The lowest BCUT2D eigenvalue weighted by molar-refractivity contribution is 0.450. The van der Waals surface area contributed by atoms with Gasteiger partial charge in [0.2, 0.25) is 0 Å². The highest BCUT2D eigenvalue weighted by Crippen LogP contribution is 2.17.